The number of hydrogen-bond acceptors (Lipinski definition) is 8. The summed E-state index contributed by atoms with van der Waals surface area (Å²) in [7, 11) is 0. The summed E-state index contributed by atoms with van der Waals surface area (Å²) in [6, 6.07) is -0.822. The van der Waals surface area contributed by atoms with Crippen LogP contribution in [0.4, 0.5) is 0 Å². The molecule has 0 aliphatic carbocycles. The van der Waals surface area contributed by atoms with Crippen molar-refractivity contribution < 1.29 is 39.8 Å². The van der Waals surface area contributed by atoms with Gasteiger partial charge in [-0.15, -0.1) is 0 Å². The van der Waals surface area contributed by atoms with Crippen molar-refractivity contribution in [2.24, 2.45) is 0 Å². The number of unbranched alkanes of at least 4 members (excludes halogenated alkanes) is 50. The molecule has 484 valence electrons. The van der Waals surface area contributed by atoms with Crippen LogP contribution in [-0.4, -0.2) is 87.5 Å². The van der Waals surface area contributed by atoms with Gasteiger partial charge in [0.2, 0.25) is 5.91 Å². The summed E-state index contributed by atoms with van der Waals surface area (Å²) in [5.41, 5.74) is 0. The second-order valence-corrected chi connectivity index (χ2v) is 25.4. The third-order valence-corrected chi connectivity index (χ3v) is 17.4. The fourth-order valence-electron chi connectivity index (χ4n) is 11.8. The van der Waals surface area contributed by atoms with Crippen LogP contribution >= 0.6 is 0 Å². The fraction of sp³-hybridized carbons (Fsp3) is 0.904. The number of aliphatic hydroxyl groups is 5. The number of rotatable bonds is 64. The standard InChI is InChI=1S/C73H139NO8/c1-3-5-7-9-11-13-15-17-19-21-23-25-27-29-31-33-34-35-37-39-41-43-45-47-49-51-53-55-57-59-61-63-69(77)74-66(65-81-73-72(80)71(79)70(78)68(64-75)82-73)67(76)62-60-58-56-54-52-50-48-46-44-42-40-38-36-32-30-28-26-24-22-20-18-16-14-12-10-8-6-4-2/h21,23,52,54,60,62,66-68,70-73,75-76,78-80H,3-20,22,24-51,53,55-59,61,63-65H2,1-2H3,(H,74,77)/b23-21-,54-52+,62-60+. The zero-order chi connectivity index (χ0) is 59.3. The van der Waals surface area contributed by atoms with Crippen molar-refractivity contribution in [2.75, 3.05) is 13.2 Å². The molecule has 0 aromatic carbocycles. The third kappa shape index (κ3) is 50.6. The minimum atomic E-state index is -1.57. The molecule has 1 heterocycles. The van der Waals surface area contributed by atoms with Crippen molar-refractivity contribution in [3.05, 3.63) is 36.5 Å². The topological polar surface area (TPSA) is 149 Å². The van der Waals surface area contributed by atoms with E-state index in [0.29, 0.717) is 6.42 Å². The van der Waals surface area contributed by atoms with Gasteiger partial charge >= 0.3 is 0 Å². The van der Waals surface area contributed by atoms with Gasteiger partial charge < -0.3 is 40.3 Å². The summed E-state index contributed by atoms with van der Waals surface area (Å²) in [5.74, 6) is -0.179. The van der Waals surface area contributed by atoms with E-state index in [1.54, 1.807) is 6.08 Å². The van der Waals surface area contributed by atoms with E-state index in [4.69, 9.17) is 9.47 Å². The molecular formula is C73H139NO8. The third-order valence-electron chi connectivity index (χ3n) is 17.4. The largest absolute Gasteiger partial charge is 0.394 e. The molecule has 82 heavy (non-hydrogen) atoms. The minimum Gasteiger partial charge on any atom is -0.394 e. The number of allylic oxidation sites excluding steroid dienone is 5. The van der Waals surface area contributed by atoms with Crippen LogP contribution in [0, 0.1) is 0 Å². The van der Waals surface area contributed by atoms with Crippen molar-refractivity contribution >= 4 is 5.91 Å². The van der Waals surface area contributed by atoms with Crippen LogP contribution in [0.5, 0.6) is 0 Å². The highest BCUT2D eigenvalue weighted by Crippen LogP contribution is 2.23. The molecule has 6 N–H and O–H groups in total. The van der Waals surface area contributed by atoms with Crippen molar-refractivity contribution in [1.29, 1.82) is 0 Å². The van der Waals surface area contributed by atoms with Gasteiger partial charge in [0, 0.05) is 6.42 Å². The number of nitrogens with one attached hydrogen (secondary N) is 1. The molecule has 0 radical (unpaired) electrons. The Bertz CT molecular complexity index is 1390. The highest BCUT2D eigenvalue weighted by Gasteiger charge is 2.44. The van der Waals surface area contributed by atoms with Crippen molar-refractivity contribution in [1.82, 2.24) is 5.32 Å². The van der Waals surface area contributed by atoms with E-state index in [1.807, 2.05) is 6.08 Å². The average molecular weight is 1160 g/mol. The molecule has 1 aliphatic heterocycles. The van der Waals surface area contributed by atoms with Crippen molar-refractivity contribution in [3.63, 3.8) is 0 Å². The van der Waals surface area contributed by atoms with Gasteiger partial charge in [0.1, 0.15) is 24.4 Å². The van der Waals surface area contributed by atoms with E-state index < -0.39 is 49.5 Å². The maximum atomic E-state index is 13.1. The molecule has 1 amide bonds. The Kier molecular flexibility index (Phi) is 59.7. The van der Waals surface area contributed by atoms with E-state index in [9.17, 15) is 30.3 Å². The summed E-state index contributed by atoms with van der Waals surface area (Å²) < 4.78 is 11.3. The highest BCUT2D eigenvalue weighted by atomic mass is 16.7. The van der Waals surface area contributed by atoms with Gasteiger partial charge in [-0.05, 0) is 57.8 Å². The van der Waals surface area contributed by atoms with E-state index in [0.717, 1.165) is 38.5 Å². The Morgan fingerprint density at radius 1 is 0.402 bits per heavy atom. The molecule has 1 rings (SSSR count). The average Bonchev–Trinajstić information content (AvgIpc) is 3.52. The second kappa shape index (κ2) is 62.5. The first kappa shape index (κ1) is 78.4. The minimum absolute atomic E-state index is 0.179. The maximum absolute atomic E-state index is 13.1. The molecule has 1 aliphatic rings. The van der Waals surface area contributed by atoms with Gasteiger partial charge in [-0.3, -0.25) is 4.79 Å². The molecule has 9 nitrogen and oxygen atoms in total. The van der Waals surface area contributed by atoms with E-state index in [-0.39, 0.29) is 12.5 Å². The summed E-state index contributed by atoms with van der Waals surface area (Å²) >= 11 is 0. The van der Waals surface area contributed by atoms with Crippen molar-refractivity contribution in [2.45, 2.75) is 410 Å². The Labute approximate surface area is 508 Å². The van der Waals surface area contributed by atoms with Gasteiger partial charge in [-0.1, -0.05) is 339 Å². The number of carbonyl (C=O) groups is 1. The van der Waals surface area contributed by atoms with E-state index in [1.165, 1.54) is 308 Å². The molecule has 0 aromatic rings. The van der Waals surface area contributed by atoms with Gasteiger partial charge in [-0.25, -0.2) is 0 Å². The van der Waals surface area contributed by atoms with Crippen LogP contribution in [-0.2, 0) is 14.3 Å². The van der Waals surface area contributed by atoms with E-state index >= 15 is 0 Å². The second-order valence-electron chi connectivity index (χ2n) is 25.4. The highest BCUT2D eigenvalue weighted by molar-refractivity contribution is 5.76. The smallest absolute Gasteiger partial charge is 0.220 e. The first-order chi connectivity index (χ1) is 40.3. The molecule has 1 saturated heterocycles. The monoisotopic (exact) mass is 1160 g/mol. The Morgan fingerprint density at radius 2 is 0.695 bits per heavy atom. The molecule has 0 saturated carbocycles. The molecule has 9 heteroatoms. The maximum Gasteiger partial charge on any atom is 0.220 e. The summed E-state index contributed by atoms with van der Waals surface area (Å²) in [6.45, 7) is 3.82. The summed E-state index contributed by atoms with van der Waals surface area (Å²) in [4.78, 5) is 13.1. The Morgan fingerprint density at radius 3 is 1.02 bits per heavy atom. The summed E-state index contributed by atoms with van der Waals surface area (Å²) in [6.07, 6.45) is 77.0. The molecule has 0 bridgehead atoms. The molecular weight excluding hydrogens is 1020 g/mol. The number of ether oxygens (including phenoxy) is 2. The van der Waals surface area contributed by atoms with Gasteiger partial charge in [0.15, 0.2) is 6.29 Å². The number of amides is 1. The predicted octanol–water partition coefficient (Wildman–Crippen LogP) is 19.8. The Balaban J connectivity index is 2.13. The lowest BCUT2D eigenvalue weighted by Gasteiger charge is -2.40. The lowest BCUT2D eigenvalue weighted by atomic mass is 9.99. The van der Waals surface area contributed by atoms with Crippen LogP contribution in [0.15, 0.2) is 36.5 Å². The quantitative estimate of drug-likeness (QED) is 0.0261. The van der Waals surface area contributed by atoms with Crippen LogP contribution in [0.25, 0.3) is 0 Å². The normalized spacial score (nSPS) is 18.5. The first-order valence-corrected chi connectivity index (χ1v) is 36.2. The molecule has 7 atom stereocenters. The summed E-state index contributed by atoms with van der Waals surface area (Å²) in [5, 5.41) is 54.8. The lowest BCUT2D eigenvalue weighted by molar-refractivity contribution is -0.302. The molecule has 1 fully saturated rings. The predicted molar refractivity (Wildman–Crippen MR) is 350 cm³/mol. The fourth-order valence-corrected chi connectivity index (χ4v) is 11.8. The van der Waals surface area contributed by atoms with Gasteiger partial charge in [0.25, 0.3) is 0 Å². The van der Waals surface area contributed by atoms with Gasteiger partial charge in [0.05, 0.1) is 25.4 Å². The molecule has 7 unspecified atom stereocenters. The molecule has 0 aromatic heterocycles. The number of carbonyl (C=O) groups excluding carboxylic acids is 1. The lowest BCUT2D eigenvalue weighted by Crippen LogP contribution is -2.60. The van der Waals surface area contributed by atoms with Crippen LogP contribution in [0.1, 0.15) is 367 Å². The molecule has 0 spiro atoms. The van der Waals surface area contributed by atoms with E-state index in [2.05, 4.69) is 43.5 Å². The Hall–Kier alpha value is -1.59. The SMILES string of the molecule is CCCCCCCCCC/C=C\CCCCCCCCCCCCCCCCCCCCCC(=O)NC(COC1OC(CO)C(O)C(O)C1O)C(O)/C=C/CC/C=C/CCCCCCCCCCCCCCCCCCCCCCCC. The van der Waals surface area contributed by atoms with Crippen LogP contribution < -0.4 is 5.32 Å². The number of aliphatic hydroxyl groups excluding tert-OH is 5. The van der Waals surface area contributed by atoms with Crippen LogP contribution in [0.3, 0.4) is 0 Å². The number of hydrogen-bond donors (Lipinski definition) is 6. The van der Waals surface area contributed by atoms with Gasteiger partial charge in [-0.2, -0.15) is 0 Å². The van der Waals surface area contributed by atoms with Crippen LogP contribution in [0.2, 0.25) is 0 Å². The zero-order valence-corrected chi connectivity index (χ0v) is 54.3. The first-order valence-electron chi connectivity index (χ1n) is 36.2. The zero-order valence-electron chi connectivity index (χ0n) is 54.3. The van der Waals surface area contributed by atoms with Crippen molar-refractivity contribution in [3.8, 4) is 0 Å².